The van der Waals surface area contributed by atoms with Crippen LogP contribution in [-0.4, -0.2) is 23.3 Å². The van der Waals surface area contributed by atoms with Crippen molar-refractivity contribution in [2.75, 3.05) is 0 Å². The number of rotatable bonds is 1. The van der Waals surface area contributed by atoms with E-state index in [0.717, 1.165) is 24.7 Å². The molecular weight excluding hydrogens is 252 g/mol. The van der Waals surface area contributed by atoms with Gasteiger partial charge in [-0.15, -0.1) is 0 Å². The topological polar surface area (TPSA) is 35.5 Å². The Morgan fingerprint density at radius 1 is 1.20 bits per heavy atom. The molecule has 2 aliphatic heterocycles. The second kappa shape index (κ2) is 4.46. The van der Waals surface area contributed by atoms with Crippen molar-refractivity contribution in [3.8, 4) is 0 Å². The number of esters is 1. The Morgan fingerprint density at radius 3 is 2.55 bits per heavy atom. The van der Waals surface area contributed by atoms with Crippen LogP contribution < -0.4 is 0 Å². The molecule has 2 saturated heterocycles. The van der Waals surface area contributed by atoms with Crippen molar-refractivity contribution in [3.63, 3.8) is 0 Å². The zero-order valence-electron chi connectivity index (χ0n) is 13.4. The van der Waals surface area contributed by atoms with Crippen molar-refractivity contribution in [3.05, 3.63) is 0 Å². The number of carbonyl (C=O) groups excluding carboxylic acids is 1. The van der Waals surface area contributed by atoms with E-state index in [2.05, 4.69) is 27.7 Å². The summed E-state index contributed by atoms with van der Waals surface area (Å²) in [5, 5.41) is 0. The molecule has 114 valence electrons. The van der Waals surface area contributed by atoms with Crippen molar-refractivity contribution < 1.29 is 14.3 Å². The van der Waals surface area contributed by atoms with Crippen LogP contribution in [0.5, 0.6) is 0 Å². The van der Waals surface area contributed by atoms with Crippen molar-refractivity contribution >= 4 is 5.97 Å². The van der Waals surface area contributed by atoms with Gasteiger partial charge in [0.05, 0.1) is 11.2 Å². The summed E-state index contributed by atoms with van der Waals surface area (Å²) in [6.07, 6.45) is 4.62. The van der Waals surface area contributed by atoms with Crippen LogP contribution in [-0.2, 0) is 14.3 Å². The minimum Gasteiger partial charge on any atom is -0.462 e. The summed E-state index contributed by atoms with van der Waals surface area (Å²) in [5.74, 6) is 2.31. The first-order valence-corrected chi connectivity index (χ1v) is 8.10. The molecule has 2 bridgehead atoms. The molecule has 4 aliphatic rings. The fraction of sp³-hybridized carbons (Fsp3) is 0.941. The van der Waals surface area contributed by atoms with Gasteiger partial charge in [0, 0.05) is 19.3 Å². The molecule has 0 spiro atoms. The van der Waals surface area contributed by atoms with Gasteiger partial charge in [-0.3, -0.25) is 4.79 Å². The maximum Gasteiger partial charge on any atom is 0.302 e. The second-order valence-electron chi connectivity index (χ2n) is 8.04. The first-order valence-electron chi connectivity index (χ1n) is 8.10. The van der Waals surface area contributed by atoms with Crippen LogP contribution in [0.25, 0.3) is 0 Å². The highest BCUT2D eigenvalue weighted by molar-refractivity contribution is 5.66. The minimum absolute atomic E-state index is 0.0269. The molecule has 0 amide bonds. The number of hydrogen-bond acceptors (Lipinski definition) is 3. The van der Waals surface area contributed by atoms with Crippen molar-refractivity contribution in [2.24, 2.45) is 23.7 Å². The van der Waals surface area contributed by atoms with Gasteiger partial charge in [0.2, 0.25) is 0 Å². The lowest BCUT2D eigenvalue weighted by molar-refractivity contribution is -0.236. The summed E-state index contributed by atoms with van der Waals surface area (Å²) < 4.78 is 12.3. The van der Waals surface area contributed by atoms with Crippen LogP contribution in [0.15, 0.2) is 0 Å². The molecule has 2 heterocycles. The second-order valence-corrected chi connectivity index (χ2v) is 8.04. The van der Waals surface area contributed by atoms with Gasteiger partial charge in [0.15, 0.2) is 0 Å². The number of fused-ring (bicyclic) bond motifs is 2. The lowest BCUT2D eigenvalue weighted by Crippen LogP contribution is -2.56. The molecule has 2 aliphatic carbocycles. The third-order valence-electron chi connectivity index (χ3n) is 6.25. The highest BCUT2D eigenvalue weighted by Gasteiger charge is 2.60. The molecule has 20 heavy (non-hydrogen) atoms. The quantitative estimate of drug-likeness (QED) is 0.689. The lowest BCUT2D eigenvalue weighted by atomic mass is 9.76. The van der Waals surface area contributed by atoms with Gasteiger partial charge in [0.25, 0.3) is 0 Å². The Kier molecular flexibility index (Phi) is 3.20. The summed E-state index contributed by atoms with van der Waals surface area (Å²) in [5.41, 5.74) is -0.330. The average molecular weight is 280 g/mol. The zero-order chi connectivity index (χ0) is 14.7. The fourth-order valence-electron chi connectivity index (χ4n) is 5.42. The van der Waals surface area contributed by atoms with Gasteiger partial charge >= 0.3 is 5.97 Å². The molecule has 0 aromatic heterocycles. The van der Waals surface area contributed by atoms with E-state index in [1.54, 1.807) is 0 Å². The van der Waals surface area contributed by atoms with Gasteiger partial charge in [-0.1, -0.05) is 13.3 Å². The summed E-state index contributed by atoms with van der Waals surface area (Å²) in [6, 6.07) is 0. The minimum atomic E-state index is -0.197. The average Bonchev–Trinajstić information content (AvgIpc) is 2.55. The van der Waals surface area contributed by atoms with Gasteiger partial charge in [-0.25, -0.2) is 0 Å². The predicted molar refractivity (Wildman–Crippen MR) is 77.2 cm³/mol. The molecule has 3 nitrogen and oxygen atoms in total. The van der Waals surface area contributed by atoms with Crippen LogP contribution in [0, 0.1) is 23.7 Å². The van der Waals surface area contributed by atoms with E-state index in [-0.39, 0.29) is 23.3 Å². The summed E-state index contributed by atoms with van der Waals surface area (Å²) in [6.45, 7) is 10.5. The van der Waals surface area contributed by atoms with E-state index in [0.29, 0.717) is 11.8 Å². The van der Waals surface area contributed by atoms with Crippen LogP contribution in [0.1, 0.15) is 60.3 Å². The van der Waals surface area contributed by atoms with Gasteiger partial charge in [-0.2, -0.15) is 0 Å². The Morgan fingerprint density at radius 2 is 1.90 bits per heavy atom. The molecular formula is C17H28O3. The van der Waals surface area contributed by atoms with E-state index in [9.17, 15) is 4.79 Å². The van der Waals surface area contributed by atoms with Crippen molar-refractivity contribution in [1.29, 1.82) is 0 Å². The Labute approximate surface area is 122 Å². The highest BCUT2D eigenvalue weighted by atomic mass is 16.6. The molecule has 2 saturated carbocycles. The standard InChI is InChI=1S/C17H28O3/c1-10-6-7-13-12(10)8-14-15(19-11(2)18)9-17(13,5)20-16(14,3)4/h10,12-15H,6-9H2,1-5H3/t10-,12-,13+,14-,15+,17-/m0/s1. The molecule has 0 aromatic rings. The smallest absolute Gasteiger partial charge is 0.302 e. The Bertz CT molecular complexity index is 416. The van der Waals surface area contributed by atoms with E-state index in [1.165, 1.54) is 19.8 Å². The summed E-state index contributed by atoms with van der Waals surface area (Å²) >= 11 is 0. The largest absolute Gasteiger partial charge is 0.462 e. The fourth-order valence-corrected chi connectivity index (χ4v) is 5.42. The maximum absolute atomic E-state index is 11.5. The van der Waals surface area contributed by atoms with Crippen molar-refractivity contribution in [1.82, 2.24) is 0 Å². The molecule has 4 rings (SSSR count). The third kappa shape index (κ3) is 2.09. The summed E-state index contributed by atoms with van der Waals surface area (Å²) in [7, 11) is 0. The van der Waals surface area contributed by atoms with Crippen LogP contribution in [0.2, 0.25) is 0 Å². The van der Waals surface area contributed by atoms with Crippen LogP contribution in [0.4, 0.5) is 0 Å². The van der Waals surface area contributed by atoms with Crippen LogP contribution >= 0.6 is 0 Å². The number of hydrogen-bond donors (Lipinski definition) is 0. The molecule has 0 radical (unpaired) electrons. The van der Waals surface area contributed by atoms with E-state index in [1.807, 2.05) is 0 Å². The normalized spacial score (nSPS) is 49.5. The van der Waals surface area contributed by atoms with Gasteiger partial charge in [0.1, 0.15) is 6.10 Å². The molecule has 3 heteroatoms. The molecule has 4 fully saturated rings. The van der Waals surface area contributed by atoms with Gasteiger partial charge in [-0.05, 0) is 51.4 Å². The molecule has 0 aromatic carbocycles. The Balaban J connectivity index is 1.98. The first kappa shape index (κ1) is 14.4. The molecule has 0 unspecified atom stereocenters. The SMILES string of the molecule is CC(=O)O[C@@H]1C[C@]2(C)OC(C)(C)[C@H]1C[C@@H]1[C@H]2CC[C@@H]1C. The van der Waals surface area contributed by atoms with E-state index >= 15 is 0 Å². The van der Waals surface area contributed by atoms with E-state index in [4.69, 9.17) is 9.47 Å². The third-order valence-corrected chi connectivity index (χ3v) is 6.25. The predicted octanol–water partition coefficient (Wildman–Crippen LogP) is 3.56. The van der Waals surface area contributed by atoms with Crippen LogP contribution in [0.3, 0.4) is 0 Å². The summed E-state index contributed by atoms with van der Waals surface area (Å²) in [4.78, 5) is 11.5. The molecule has 0 N–H and O–H groups in total. The monoisotopic (exact) mass is 280 g/mol. The lowest BCUT2D eigenvalue weighted by Gasteiger charge is -2.50. The first-order chi connectivity index (χ1) is 9.23. The molecule has 6 atom stereocenters. The maximum atomic E-state index is 11.5. The number of carbonyl (C=O) groups is 1. The zero-order valence-corrected chi connectivity index (χ0v) is 13.4. The van der Waals surface area contributed by atoms with Crippen molar-refractivity contribution in [2.45, 2.75) is 77.6 Å². The Hall–Kier alpha value is -0.570. The van der Waals surface area contributed by atoms with E-state index < -0.39 is 0 Å². The highest BCUT2D eigenvalue weighted by Crippen LogP contribution is 2.58. The number of ether oxygens (including phenoxy) is 2. The van der Waals surface area contributed by atoms with Gasteiger partial charge < -0.3 is 9.47 Å².